The summed E-state index contributed by atoms with van der Waals surface area (Å²) in [4.78, 5) is 19.6. The number of nitrogens with zero attached hydrogens (tertiary/aromatic N) is 1. The van der Waals surface area contributed by atoms with Gasteiger partial charge in [-0.05, 0) is 29.7 Å². The first-order chi connectivity index (χ1) is 11.6. The lowest BCUT2D eigenvalue weighted by Crippen LogP contribution is -2.29. The van der Waals surface area contributed by atoms with Crippen molar-refractivity contribution < 1.29 is 4.79 Å². The normalized spacial score (nSPS) is 12.2. The van der Waals surface area contributed by atoms with Crippen LogP contribution in [0.3, 0.4) is 0 Å². The average Bonchev–Trinajstić information content (AvgIpc) is 3.00. The molecule has 2 N–H and O–H groups in total. The number of aromatic amines is 1. The fourth-order valence-corrected chi connectivity index (χ4v) is 3.27. The SMILES string of the molecule is C[C@@H](CNC(=O)CSc1nc2ccc(Cl)cc2[nH]1)c1ccccc1. The number of fused-ring (bicyclic) bond motifs is 1. The molecule has 0 aliphatic rings. The number of benzene rings is 2. The number of aromatic nitrogens is 2. The molecule has 24 heavy (non-hydrogen) atoms. The van der Waals surface area contributed by atoms with Crippen molar-refractivity contribution in [2.75, 3.05) is 12.3 Å². The molecule has 0 bridgehead atoms. The Labute approximate surface area is 150 Å². The fraction of sp³-hybridized carbons (Fsp3) is 0.222. The molecule has 0 spiro atoms. The first-order valence-electron chi connectivity index (χ1n) is 7.71. The summed E-state index contributed by atoms with van der Waals surface area (Å²) >= 11 is 7.34. The molecule has 3 aromatic rings. The molecule has 6 heteroatoms. The molecular weight excluding hydrogens is 342 g/mol. The van der Waals surface area contributed by atoms with E-state index in [0.29, 0.717) is 17.3 Å². The monoisotopic (exact) mass is 359 g/mol. The van der Waals surface area contributed by atoms with E-state index in [1.807, 2.05) is 30.3 Å². The lowest BCUT2D eigenvalue weighted by atomic mass is 10.0. The van der Waals surface area contributed by atoms with Gasteiger partial charge in [-0.1, -0.05) is 60.6 Å². The molecule has 2 aromatic carbocycles. The smallest absolute Gasteiger partial charge is 0.230 e. The molecule has 0 fully saturated rings. The Balaban J connectivity index is 1.49. The van der Waals surface area contributed by atoms with Gasteiger partial charge in [-0.2, -0.15) is 0 Å². The van der Waals surface area contributed by atoms with Gasteiger partial charge in [0.2, 0.25) is 5.91 Å². The molecule has 3 rings (SSSR count). The molecule has 0 saturated heterocycles. The van der Waals surface area contributed by atoms with Crippen molar-refractivity contribution in [1.29, 1.82) is 0 Å². The highest BCUT2D eigenvalue weighted by atomic mass is 35.5. The molecule has 0 radical (unpaired) electrons. The maximum atomic E-state index is 12.0. The van der Waals surface area contributed by atoms with Crippen molar-refractivity contribution in [2.24, 2.45) is 0 Å². The zero-order valence-corrected chi connectivity index (χ0v) is 14.8. The molecule has 0 unspecified atom stereocenters. The molecule has 1 heterocycles. The van der Waals surface area contributed by atoms with Crippen LogP contribution in [0.5, 0.6) is 0 Å². The fourth-order valence-electron chi connectivity index (χ4n) is 2.38. The Bertz CT molecular complexity index is 835. The highest BCUT2D eigenvalue weighted by Gasteiger charge is 2.10. The highest BCUT2D eigenvalue weighted by Crippen LogP contribution is 2.22. The summed E-state index contributed by atoms with van der Waals surface area (Å²) < 4.78 is 0. The Morgan fingerprint density at radius 3 is 2.88 bits per heavy atom. The molecule has 0 saturated carbocycles. The molecule has 1 amide bonds. The Hall–Kier alpha value is -1.98. The minimum Gasteiger partial charge on any atom is -0.355 e. The predicted octanol–water partition coefficient (Wildman–Crippen LogP) is 4.23. The van der Waals surface area contributed by atoms with Gasteiger partial charge in [-0.25, -0.2) is 4.98 Å². The number of H-pyrrole nitrogens is 1. The van der Waals surface area contributed by atoms with Crippen LogP contribution in [-0.4, -0.2) is 28.2 Å². The molecule has 0 aliphatic heterocycles. The number of amides is 1. The van der Waals surface area contributed by atoms with Gasteiger partial charge in [-0.3, -0.25) is 4.79 Å². The standard InChI is InChI=1S/C18H18ClN3OS/c1-12(13-5-3-2-4-6-13)10-20-17(23)11-24-18-21-15-8-7-14(19)9-16(15)22-18/h2-9,12H,10-11H2,1H3,(H,20,23)(H,21,22)/t12-/m0/s1. The Morgan fingerprint density at radius 1 is 1.29 bits per heavy atom. The minimum absolute atomic E-state index is 0.00118. The number of carbonyl (C=O) groups excluding carboxylic acids is 1. The van der Waals surface area contributed by atoms with Crippen LogP contribution in [-0.2, 0) is 4.79 Å². The quantitative estimate of drug-likeness (QED) is 0.647. The van der Waals surface area contributed by atoms with Crippen LogP contribution in [0.4, 0.5) is 0 Å². The zero-order valence-electron chi connectivity index (χ0n) is 13.3. The van der Waals surface area contributed by atoms with Crippen molar-refractivity contribution in [3.8, 4) is 0 Å². The van der Waals surface area contributed by atoms with Crippen molar-refractivity contribution in [1.82, 2.24) is 15.3 Å². The van der Waals surface area contributed by atoms with Crippen molar-refractivity contribution in [3.05, 3.63) is 59.1 Å². The maximum absolute atomic E-state index is 12.0. The summed E-state index contributed by atoms with van der Waals surface area (Å²) in [7, 11) is 0. The number of imidazole rings is 1. The summed E-state index contributed by atoms with van der Waals surface area (Å²) in [5, 5.41) is 4.35. The first-order valence-corrected chi connectivity index (χ1v) is 9.08. The van der Waals surface area contributed by atoms with Gasteiger partial charge in [0.05, 0.1) is 16.8 Å². The lowest BCUT2D eigenvalue weighted by molar-refractivity contribution is -0.118. The van der Waals surface area contributed by atoms with Gasteiger partial charge in [0.25, 0.3) is 0 Å². The minimum atomic E-state index is 0.00118. The molecule has 0 aliphatic carbocycles. The van der Waals surface area contributed by atoms with Crippen LogP contribution in [0, 0.1) is 0 Å². The van der Waals surface area contributed by atoms with E-state index >= 15 is 0 Å². The molecule has 1 atom stereocenters. The second-order valence-electron chi connectivity index (χ2n) is 5.61. The van der Waals surface area contributed by atoms with Gasteiger partial charge in [0, 0.05) is 11.6 Å². The van der Waals surface area contributed by atoms with Crippen molar-refractivity contribution in [3.63, 3.8) is 0 Å². The second kappa shape index (κ2) is 7.73. The topological polar surface area (TPSA) is 57.8 Å². The summed E-state index contributed by atoms with van der Waals surface area (Å²) in [6.07, 6.45) is 0. The maximum Gasteiger partial charge on any atom is 0.230 e. The average molecular weight is 360 g/mol. The summed E-state index contributed by atoms with van der Waals surface area (Å²) in [5.74, 6) is 0.615. The summed E-state index contributed by atoms with van der Waals surface area (Å²) in [5.41, 5.74) is 2.95. The lowest BCUT2D eigenvalue weighted by Gasteiger charge is -2.12. The first kappa shape index (κ1) is 16.9. The largest absolute Gasteiger partial charge is 0.355 e. The molecule has 4 nitrogen and oxygen atoms in total. The van der Waals surface area contributed by atoms with Gasteiger partial charge in [-0.15, -0.1) is 0 Å². The zero-order chi connectivity index (χ0) is 16.9. The van der Waals surface area contributed by atoms with E-state index in [1.54, 1.807) is 6.07 Å². The van der Waals surface area contributed by atoms with E-state index in [1.165, 1.54) is 17.3 Å². The van der Waals surface area contributed by atoms with Crippen LogP contribution in [0.1, 0.15) is 18.4 Å². The van der Waals surface area contributed by atoms with Crippen LogP contribution < -0.4 is 5.32 Å². The van der Waals surface area contributed by atoms with Crippen LogP contribution >= 0.6 is 23.4 Å². The van der Waals surface area contributed by atoms with E-state index < -0.39 is 0 Å². The summed E-state index contributed by atoms with van der Waals surface area (Å²) in [6, 6.07) is 15.7. The third kappa shape index (κ3) is 4.30. The van der Waals surface area contributed by atoms with Crippen LogP contribution in [0.15, 0.2) is 53.7 Å². The van der Waals surface area contributed by atoms with Crippen LogP contribution in [0.25, 0.3) is 11.0 Å². The number of thioether (sulfide) groups is 1. The number of nitrogens with one attached hydrogen (secondary N) is 2. The van der Waals surface area contributed by atoms with Crippen molar-refractivity contribution in [2.45, 2.75) is 18.0 Å². The van der Waals surface area contributed by atoms with E-state index in [0.717, 1.165) is 16.2 Å². The van der Waals surface area contributed by atoms with Gasteiger partial charge in [0.15, 0.2) is 5.16 Å². The number of hydrogen-bond donors (Lipinski definition) is 2. The molecular formula is C18H18ClN3OS. The predicted molar refractivity (Wildman–Crippen MR) is 99.7 cm³/mol. The third-order valence-electron chi connectivity index (χ3n) is 3.74. The Morgan fingerprint density at radius 2 is 2.08 bits per heavy atom. The number of hydrogen-bond acceptors (Lipinski definition) is 3. The van der Waals surface area contributed by atoms with Gasteiger partial charge < -0.3 is 10.3 Å². The second-order valence-corrected chi connectivity index (χ2v) is 7.01. The van der Waals surface area contributed by atoms with Gasteiger partial charge in [0.1, 0.15) is 0 Å². The number of rotatable bonds is 6. The van der Waals surface area contributed by atoms with E-state index in [2.05, 4.69) is 34.3 Å². The number of carbonyl (C=O) groups is 1. The Kier molecular flexibility index (Phi) is 5.43. The summed E-state index contributed by atoms with van der Waals surface area (Å²) in [6.45, 7) is 2.73. The van der Waals surface area contributed by atoms with E-state index in [-0.39, 0.29) is 11.8 Å². The molecule has 124 valence electrons. The van der Waals surface area contributed by atoms with Gasteiger partial charge >= 0.3 is 0 Å². The highest BCUT2D eigenvalue weighted by molar-refractivity contribution is 7.99. The van der Waals surface area contributed by atoms with E-state index in [4.69, 9.17) is 11.6 Å². The number of halogens is 1. The van der Waals surface area contributed by atoms with E-state index in [9.17, 15) is 4.79 Å². The molecule has 1 aromatic heterocycles. The van der Waals surface area contributed by atoms with Crippen molar-refractivity contribution >= 4 is 40.3 Å². The third-order valence-corrected chi connectivity index (χ3v) is 4.84. The van der Waals surface area contributed by atoms with Crippen LogP contribution in [0.2, 0.25) is 5.02 Å².